The third-order valence-electron chi connectivity index (χ3n) is 2.27. The number of ketones is 1. The van der Waals surface area contributed by atoms with E-state index in [1.54, 1.807) is 26.0 Å². The molecule has 15 heavy (non-hydrogen) atoms. The molecule has 0 fully saturated rings. The molecule has 80 valence electrons. The third kappa shape index (κ3) is 2.31. The first-order valence-corrected chi connectivity index (χ1v) is 4.44. The Balaban J connectivity index is 3.18. The van der Waals surface area contributed by atoms with E-state index in [1.165, 1.54) is 0 Å². The van der Waals surface area contributed by atoms with Gasteiger partial charge in [0.2, 0.25) is 5.78 Å². The zero-order valence-corrected chi connectivity index (χ0v) is 8.61. The van der Waals surface area contributed by atoms with Crippen molar-refractivity contribution >= 4 is 11.5 Å². The van der Waals surface area contributed by atoms with Crippen molar-refractivity contribution in [3.05, 3.63) is 38.9 Å². The van der Waals surface area contributed by atoms with Gasteiger partial charge in [-0.15, -0.1) is 0 Å². The number of aryl methyl sites for hydroxylation is 1. The van der Waals surface area contributed by atoms with Crippen LogP contribution < -0.4 is 5.73 Å². The van der Waals surface area contributed by atoms with Crippen molar-refractivity contribution in [2.75, 3.05) is 12.3 Å². The minimum absolute atomic E-state index is 0.367. The molecule has 0 atom stereocenters. The van der Waals surface area contributed by atoms with Crippen molar-refractivity contribution in [3.63, 3.8) is 0 Å². The van der Waals surface area contributed by atoms with Crippen LogP contribution in [0.4, 0.5) is 5.69 Å². The molecule has 2 N–H and O–H groups in total. The maximum atomic E-state index is 11.6. The second kappa shape index (κ2) is 4.08. The van der Waals surface area contributed by atoms with Crippen molar-refractivity contribution in [2.45, 2.75) is 13.8 Å². The van der Waals surface area contributed by atoms with E-state index in [2.05, 4.69) is 0 Å². The molecule has 5 nitrogen and oxygen atoms in total. The van der Waals surface area contributed by atoms with Gasteiger partial charge in [-0.05, 0) is 31.0 Å². The smallest absolute Gasteiger partial charge is 0.265 e. The molecule has 0 aliphatic heterocycles. The summed E-state index contributed by atoms with van der Waals surface area (Å²) in [7, 11) is 0. The highest BCUT2D eigenvalue weighted by molar-refractivity contribution is 6.00. The van der Waals surface area contributed by atoms with E-state index in [0.717, 1.165) is 0 Å². The Labute approximate surface area is 87.0 Å². The lowest BCUT2D eigenvalue weighted by molar-refractivity contribution is -0.465. The average molecular weight is 208 g/mol. The Morgan fingerprint density at radius 2 is 2.07 bits per heavy atom. The van der Waals surface area contributed by atoms with Crippen LogP contribution in [0.25, 0.3) is 0 Å². The van der Waals surface area contributed by atoms with Crippen LogP contribution in [0.15, 0.2) is 12.1 Å². The number of nitrogens with two attached hydrogens (primary N) is 1. The second-order valence-corrected chi connectivity index (χ2v) is 3.39. The van der Waals surface area contributed by atoms with E-state index in [4.69, 9.17) is 5.73 Å². The molecule has 0 unspecified atom stereocenters. The largest absolute Gasteiger partial charge is 0.398 e. The van der Waals surface area contributed by atoms with Gasteiger partial charge in [0.05, 0.1) is 0 Å². The number of Topliss-reactive ketones (excluding diaryl/α,β-unsaturated/α-hetero) is 1. The van der Waals surface area contributed by atoms with E-state index in [9.17, 15) is 14.9 Å². The average Bonchev–Trinajstić information content (AvgIpc) is 2.11. The molecule has 0 saturated carbocycles. The Kier molecular flexibility index (Phi) is 3.04. The lowest BCUT2D eigenvalue weighted by Gasteiger charge is -2.08. The van der Waals surface area contributed by atoms with Crippen molar-refractivity contribution in [2.24, 2.45) is 0 Å². The number of nitro groups is 1. The first kappa shape index (κ1) is 11.2. The topological polar surface area (TPSA) is 86.2 Å². The van der Waals surface area contributed by atoms with E-state index >= 15 is 0 Å². The maximum Gasteiger partial charge on any atom is 0.265 e. The summed E-state index contributed by atoms with van der Waals surface area (Å²) in [6.07, 6.45) is 0. The number of anilines is 1. The number of benzene rings is 1. The molecule has 1 aromatic carbocycles. The molecule has 5 heteroatoms. The molecular weight excluding hydrogens is 196 g/mol. The monoisotopic (exact) mass is 208 g/mol. The lowest BCUT2D eigenvalue weighted by Crippen LogP contribution is -2.16. The van der Waals surface area contributed by atoms with E-state index in [-0.39, 0.29) is 0 Å². The summed E-state index contributed by atoms with van der Waals surface area (Å²) in [5.74, 6) is -0.498. The molecule has 0 aromatic heterocycles. The summed E-state index contributed by atoms with van der Waals surface area (Å²) in [6, 6.07) is 3.38. The van der Waals surface area contributed by atoms with Gasteiger partial charge in [-0.2, -0.15) is 0 Å². The molecular formula is C10H12N2O3. The molecule has 1 rings (SSSR count). The summed E-state index contributed by atoms with van der Waals surface area (Å²) in [5, 5.41) is 10.2. The van der Waals surface area contributed by atoms with Gasteiger partial charge >= 0.3 is 0 Å². The van der Waals surface area contributed by atoms with Crippen LogP contribution in [0.3, 0.4) is 0 Å². The highest BCUT2D eigenvalue weighted by Gasteiger charge is 2.18. The molecule has 0 amide bonds. The minimum Gasteiger partial charge on any atom is -0.398 e. The van der Waals surface area contributed by atoms with Gasteiger partial charge in [-0.3, -0.25) is 14.9 Å². The zero-order valence-electron chi connectivity index (χ0n) is 8.61. The quantitative estimate of drug-likeness (QED) is 0.351. The molecule has 1 aromatic rings. The number of carbonyl (C=O) groups is 1. The second-order valence-electron chi connectivity index (χ2n) is 3.39. The molecule has 0 heterocycles. The normalized spacial score (nSPS) is 10.0. The Morgan fingerprint density at radius 3 is 2.60 bits per heavy atom. The predicted octanol–water partition coefficient (Wildman–Crippen LogP) is 1.35. The minimum atomic E-state index is -0.689. The first-order valence-electron chi connectivity index (χ1n) is 4.44. The predicted molar refractivity (Wildman–Crippen MR) is 56.5 cm³/mol. The first-order chi connectivity index (χ1) is 6.93. The molecule has 0 saturated heterocycles. The van der Waals surface area contributed by atoms with Gasteiger partial charge in [0, 0.05) is 16.2 Å². The molecule has 0 spiro atoms. The van der Waals surface area contributed by atoms with Gasteiger partial charge in [-0.25, -0.2) is 0 Å². The number of nitrogens with zero attached hydrogens (tertiary/aromatic N) is 1. The molecule has 0 aliphatic carbocycles. The third-order valence-corrected chi connectivity index (χ3v) is 2.27. The van der Waals surface area contributed by atoms with Crippen LogP contribution >= 0.6 is 0 Å². The van der Waals surface area contributed by atoms with Crippen LogP contribution in [-0.2, 0) is 0 Å². The maximum absolute atomic E-state index is 11.6. The fourth-order valence-electron chi connectivity index (χ4n) is 1.49. The lowest BCUT2D eigenvalue weighted by atomic mass is 9.98. The van der Waals surface area contributed by atoms with Crippen LogP contribution in [0.2, 0.25) is 0 Å². The van der Waals surface area contributed by atoms with Crippen molar-refractivity contribution in [1.82, 2.24) is 0 Å². The van der Waals surface area contributed by atoms with Crippen LogP contribution in [0.5, 0.6) is 0 Å². The molecule has 0 aliphatic rings. The fourth-order valence-corrected chi connectivity index (χ4v) is 1.49. The fraction of sp³-hybridized carbons (Fsp3) is 0.300. The number of hydrogen-bond acceptors (Lipinski definition) is 4. The van der Waals surface area contributed by atoms with Crippen molar-refractivity contribution in [3.8, 4) is 0 Å². The van der Waals surface area contributed by atoms with Gasteiger partial charge < -0.3 is 5.73 Å². The van der Waals surface area contributed by atoms with E-state index in [0.29, 0.717) is 22.4 Å². The van der Waals surface area contributed by atoms with Crippen LogP contribution in [0, 0.1) is 24.0 Å². The standard InChI is InChI=1S/C10H12N2O3/c1-6-3-4-8(11)7(2)10(6)9(13)5-12(14)15/h3-4H,5,11H2,1-2H3. The zero-order chi connectivity index (χ0) is 11.6. The van der Waals surface area contributed by atoms with E-state index < -0.39 is 17.3 Å². The van der Waals surface area contributed by atoms with Gasteiger partial charge in [-0.1, -0.05) is 6.07 Å². The van der Waals surface area contributed by atoms with Crippen molar-refractivity contribution < 1.29 is 9.72 Å². The Bertz CT molecular complexity index is 427. The summed E-state index contributed by atoms with van der Waals surface area (Å²) in [6.45, 7) is 2.74. The summed E-state index contributed by atoms with van der Waals surface area (Å²) in [4.78, 5) is 21.2. The molecule has 0 bridgehead atoms. The van der Waals surface area contributed by atoms with Gasteiger partial charge in [0.25, 0.3) is 6.54 Å². The van der Waals surface area contributed by atoms with Gasteiger partial charge in [0.15, 0.2) is 0 Å². The Morgan fingerprint density at radius 1 is 1.47 bits per heavy atom. The number of hydrogen-bond donors (Lipinski definition) is 1. The number of carbonyl (C=O) groups excluding carboxylic acids is 1. The van der Waals surface area contributed by atoms with Crippen molar-refractivity contribution in [1.29, 1.82) is 0 Å². The summed E-state index contributed by atoms with van der Waals surface area (Å²) in [5.41, 5.74) is 7.81. The SMILES string of the molecule is Cc1ccc(N)c(C)c1C(=O)C[N+](=O)[O-]. The van der Waals surface area contributed by atoms with E-state index in [1.807, 2.05) is 0 Å². The Hall–Kier alpha value is -1.91. The summed E-state index contributed by atoms with van der Waals surface area (Å²) < 4.78 is 0. The highest BCUT2D eigenvalue weighted by Crippen LogP contribution is 2.20. The summed E-state index contributed by atoms with van der Waals surface area (Å²) >= 11 is 0. The highest BCUT2D eigenvalue weighted by atomic mass is 16.6. The van der Waals surface area contributed by atoms with Gasteiger partial charge in [0.1, 0.15) is 0 Å². The number of rotatable bonds is 3. The van der Waals surface area contributed by atoms with Crippen LogP contribution in [-0.4, -0.2) is 17.3 Å². The molecule has 0 radical (unpaired) electrons. The van der Waals surface area contributed by atoms with Crippen LogP contribution in [0.1, 0.15) is 21.5 Å². The number of nitrogen functional groups attached to an aromatic ring is 1.